The average molecular weight is 264 g/mol. The van der Waals surface area contributed by atoms with Gasteiger partial charge in [-0.3, -0.25) is 14.3 Å². The Morgan fingerprint density at radius 1 is 1.32 bits per heavy atom. The molecule has 2 rings (SSSR count). The van der Waals surface area contributed by atoms with Gasteiger partial charge < -0.3 is 4.74 Å². The number of aromatic amines is 1. The molecule has 0 saturated carbocycles. The van der Waals surface area contributed by atoms with Crippen molar-refractivity contribution in [2.45, 2.75) is 13.8 Å². The molecule has 6 heteroatoms. The van der Waals surface area contributed by atoms with Crippen LogP contribution in [0.2, 0.25) is 0 Å². The maximum absolute atomic E-state index is 14.3. The zero-order valence-corrected chi connectivity index (χ0v) is 10.8. The monoisotopic (exact) mass is 264 g/mol. The summed E-state index contributed by atoms with van der Waals surface area (Å²) in [5, 5.41) is 0. The van der Waals surface area contributed by atoms with Crippen LogP contribution in [0, 0.1) is 19.7 Å². The first-order valence-corrected chi connectivity index (χ1v) is 5.61. The van der Waals surface area contributed by atoms with Gasteiger partial charge in [0.05, 0.1) is 12.8 Å². The van der Waals surface area contributed by atoms with E-state index in [-0.39, 0.29) is 5.69 Å². The highest BCUT2D eigenvalue weighted by Gasteiger charge is 2.15. The molecule has 0 fully saturated rings. The quantitative estimate of drug-likeness (QED) is 0.889. The number of nitrogens with zero attached hydrogens (tertiary/aromatic N) is 1. The molecule has 0 saturated heterocycles. The van der Waals surface area contributed by atoms with Gasteiger partial charge in [-0.2, -0.15) is 0 Å². The average Bonchev–Trinajstić information content (AvgIpc) is 2.35. The summed E-state index contributed by atoms with van der Waals surface area (Å²) in [6, 6.07) is 2.66. The lowest BCUT2D eigenvalue weighted by Gasteiger charge is -2.14. The van der Waals surface area contributed by atoms with E-state index >= 15 is 0 Å². The van der Waals surface area contributed by atoms with Crippen molar-refractivity contribution in [3.63, 3.8) is 0 Å². The standard InChI is InChI=1S/C13H13FN2O3/c1-7-6-9(11(14)8(2)12(7)19-3)16-5-4-10(17)15-13(16)18/h4-6H,1-3H3,(H,15,17,18). The van der Waals surface area contributed by atoms with Gasteiger partial charge in [-0.1, -0.05) is 0 Å². The number of hydrogen-bond acceptors (Lipinski definition) is 3. The summed E-state index contributed by atoms with van der Waals surface area (Å²) in [6.45, 7) is 3.33. The van der Waals surface area contributed by atoms with Crippen molar-refractivity contribution in [2.24, 2.45) is 0 Å². The first-order chi connectivity index (χ1) is 8.95. The molecule has 0 spiro atoms. The molecule has 0 aliphatic rings. The summed E-state index contributed by atoms with van der Waals surface area (Å²) in [5.41, 5.74) is -0.110. The van der Waals surface area contributed by atoms with E-state index in [0.717, 1.165) is 10.6 Å². The highest BCUT2D eigenvalue weighted by molar-refractivity contribution is 5.50. The number of rotatable bonds is 2. The molecule has 0 unspecified atom stereocenters. The molecule has 19 heavy (non-hydrogen) atoms. The maximum Gasteiger partial charge on any atom is 0.333 e. The molecular weight excluding hydrogens is 251 g/mol. The van der Waals surface area contributed by atoms with Crippen LogP contribution in [0.25, 0.3) is 5.69 Å². The second-order valence-electron chi connectivity index (χ2n) is 4.16. The largest absolute Gasteiger partial charge is 0.496 e. The molecule has 0 atom stereocenters. The van der Waals surface area contributed by atoms with Gasteiger partial charge in [0.1, 0.15) is 5.75 Å². The first kappa shape index (κ1) is 13.1. The van der Waals surface area contributed by atoms with Crippen molar-refractivity contribution in [1.29, 1.82) is 0 Å². The molecule has 0 aliphatic carbocycles. The van der Waals surface area contributed by atoms with Gasteiger partial charge in [0.2, 0.25) is 0 Å². The fraction of sp³-hybridized carbons (Fsp3) is 0.231. The van der Waals surface area contributed by atoms with Crippen LogP contribution in [0.5, 0.6) is 5.75 Å². The molecule has 0 bridgehead atoms. The van der Waals surface area contributed by atoms with Gasteiger partial charge in [0.15, 0.2) is 5.82 Å². The zero-order chi connectivity index (χ0) is 14.2. The van der Waals surface area contributed by atoms with Crippen molar-refractivity contribution in [1.82, 2.24) is 9.55 Å². The molecule has 5 nitrogen and oxygen atoms in total. The molecule has 1 aromatic heterocycles. The van der Waals surface area contributed by atoms with E-state index in [0.29, 0.717) is 16.9 Å². The van der Waals surface area contributed by atoms with Gasteiger partial charge in [0.25, 0.3) is 5.56 Å². The van der Waals surface area contributed by atoms with Crippen molar-refractivity contribution >= 4 is 0 Å². The van der Waals surface area contributed by atoms with Crippen molar-refractivity contribution in [3.8, 4) is 11.4 Å². The van der Waals surface area contributed by atoms with Gasteiger partial charge in [0, 0.05) is 17.8 Å². The van der Waals surface area contributed by atoms with E-state index in [1.54, 1.807) is 13.8 Å². The summed E-state index contributed by atoms with van der Waals surface area (Å²) < 4.78 is 20.4. The van der Waals surface area contributed by atoms with E-state index in [1.807, 2.05) is 0 Å². The number of aryl methyl sites for hydroxylation is 1. The summed E-state index contributed by atoms with van der Waals surface area (Å²) in [5.74, 6) is -0.115. The summed E-state index contributed by atoms with van der Waals surface area (Å²) >= 11 is 0. The maximum atomic E-state index is 14.3. The van der Waals surface area contributed by atoms with Crippen molar-refractivity contribution < 1.29 is 9.13 Å². The minimum absolute atomic E-state index is 0.0806. The third-order valence-electron chi connectivity index (χ3n) is 2.89. The molecule has 0 aliphatic heterocycles. The molecule has 100 valence electrons. The van der Waals surface area contributed by atoms with E-state index in [1.165, 1.54) is 19.4 Å². The smallest absolute Gasteiger partial charge is 0.333 e. The van der Waals surface area contributed by atoms with Gasteiger partial charge in [-0.05, 0) is 25.5 Å². The Bertz CT molecular complexity index is 747. The highest BCUT2D eigenvalue weighted by Crippen LogP contribution is 2.29. The number of ether oxygens (including phenoxy) is 1. The summed E-state index contributed by atoms with van der Waals surface area (Å²) in [4.78, 5) is 24.8. The minimum atomic E-state index is -0.685. The number of benzene rings is 1. The van der Waals surface area contributed by atoms with Crippen LogP contribution in [0.4, 0.5) is 4.39 Å². The number of methoxy groups -OCH3 is 1. The van der Waals surface area contributed by atoms with Crippen LogP contribution in [0.1, 0.15) is 11.1 Å². The third kappa shape index (κ3) is 2.16. The molecule has 1 aromatic carbocycles. The molecule has 2 aromatic rings. The van der Waals surface area contributed by atoms with E-state index in [2.05, 4.69) is 4.98 Å². The second kappa shape index (κ2) is 4.72. The lowest BCUT2D eigenvalue weighted by molar-refractivity contribution is 0.403. The number of aromatic nitrogens is 2. The number of halogens is 1. The Hall–Kier alpha value is -2.37. The van der Waals surface area contributed by atoms with Crippen LogP contribution in [0.3, 0.4) is 0 Å². The van der Waals surface area contributed by atoms with Crippen LogP contribution >= 0.6 is 0 Å². The predicted molar refractivity (Wildman–Crippen MR) is 68.6 cm³/mol. The van der Waals surface area contributed by atoms with E-state index in [4.69, 9.17) is 4.74 Å². The van der Waals surface area contributed by atoms with Crippen LogP contribution < -0.4 is 16.0 Å². The SMILES string of the molecule is COc1c(C)cc(-n2ccc(=O)[nH]c2=O)c(F)c1C. The number of H-pyrrole nitrogens is 1. The third-order valence-corrected chi connectivity index (χ3v) is 2.89. The zero-order valence-electron chi connectivity index (χ0n) is 10.8. The van der Waals surface area contributed by atoms with Crippen molar-refractivity contribution in [3.05, 3.63) is 56.1 Å². The Balaban J connectivity index is 2.77. The first-order valence-electron chi connectivity index (χ1n) is 5.61. The van der Waals surface area contributed by atoms with Gasteiger partial charge in [-0.25, -0.2) is 9.18 Å². The lowest BCUT2D eigenvalue weighted by atomic mass is 10.1. The summed E-state index contributed by atoms with van der Waals surface area (Å²) in [6.07, 6.45) is 1.24. The predicted octanol–water partition coefficient (Wildman–Crippen LogP) is 1.29. The Labute approximate surface area is 108 Å². The number of hydrogen-bond donors (Lipinski definition) is 1. The highest BCUT2D eigenvalue weighted by atomic mass is 19.1. The number of nitrogens with one attached hydrogen (secondary N) is 1. The van der Waals surface area contributed by atoms with Crippen LogP contribution in [-0.2, 0) is 0 Å². The lowest BCUT2D eigenvalue weighted by Crippen LogP contribution is -2.28. The Morgan fingerprint density at radius 2 is 2.00 bits per heavy atom. The molecule has 1 heterocycles. The molecular formula is C13H13FN2O3. The molecule has 0 amide bonds. The normalized spacial score (nSPS) is 10.5. The fourth-order valence-corrected chi connectivity index (χ4v) is 2.02. The van der Waals surface area contributed by atoms with Crippen LogP contribution in [-0.4, -0.2) is 16.7 Å². The van der Waals surface area contributed by atoms with Gasteiger partial charge >= 0.3 is 5.69 Å². The second-order valence-corrected chi connectivity index (χ2v) is 4.16. The summed E-state index contributed by atoms with van der Waals surface area (Å²) in [7, 11) is 1.46. The van der Waals surface area contributed by atoms with E-state index < -0.39 is 17.1 Å². The van der Waals surface area contributed by atoms with Gasteiger partial charge in [-0.15, -0.1) is 0 Å². The Kier molecular flexibility index (Phi) is 3.25. The molecule has 1 N–H and O–H groups in total. The molecule has 0 radical (unpaired) electrons. The Morgan fingerprint density at radius 3 is 2.58 bits per heavy atom. The fourth-order valence-electron chi connectivity index (χ4n) is 2.02. The van der Waals surface area contributed by atoms with E-state index in [9.17, 15) is 14.0 Å². The minimum Gasteiger partial charge on any atom is -0.496 e. The van der Waals surface area contributed by atoms with Crippen LogP contribution in [0.15, 0.2) is 27.9 Å². The topological polar surface area (TPSA) is 64.1 Å². The van der Waals surface area contributed by atoms with Crippen molar-refractivity contribution in [2.75, 3.05) is 7.11 Å².